The fourth-order valence-electron chi connectivity index (χ4n) is 3.12. The SMILES string of the molecule is Cc1ccc(CNC(=O)C2CCN(C(=O)c3ccc([N+](=O)[O-])o3)CC2)cc1F. The molecule has 2 heterocycles. The van der Waals surface area contributed by atoms with Gasteiger partial charge in [-0.25, -0.2) is 4.39 Å². The summed E-state index contributed by atoms with van der Waals surface area (Å²) in [4.78, 5) is 36.2. The third-order valence-electron chi connectivity index (χ3n) is 4.84. The van der Waals surface area contributed by atoms with Gasteiger partial charge in [-0.05, 0) is 43.0 Å². The number of aryl methyl sites for hydroxylation is 1. The third kappa shape index (κ3) is 4.36. The van der Waals surface area contributed by atoms with E-state index in [1.165, 1.54) is 17.0 Å². The van der Waals surface area contributed by atoms with Crippen LogP contribution in [-0.2, 0) is 11.3 Å². The minimum atomic E-state index is -0.701. The van der Waals surface area contributed by atoms with Gasteiger partial charge in [-0.2, -0.15) is 0 Å². The molecular formula is C19H20FN3O5. The molecular weight excluding hydrogens is 369 g/mol. The number of amides is 2. The first-order chi connectivity index (χ1) is 13.3. The Hall–Kier alpha value is -3.23. The molecule has 3 rings (SSSR count). The van der Waals surface area contributed by atoms with Crippen LogP contribution in [-0.4, -0.2) is 34.7 Å². The molecule has 28 heavy (non-hydrogen) atoms. The molecule has 0 spiro atoms. The third-order valence-corrected chi connectivity index (χ3v) is 4.84. The normalized spacial score (nSPS) is 14.7. The zero-order valence-corrected chi connectivity index (χ0v) is 15.3. The molecule has 1 aliphatic rings. The monoisotopic (exact) mass is 389 g/mol. The summed E-state index contributed by atoms with van der Waals surface area (Å²) >= 11 is 0. The standard InChI is InChI=1S/C19H20FN3O5/c1-12-2-3-13(10-15(12)20)11-21-18(24)14-6-8-22(9-7-14)19(25)16-4-5-17(28-16)23(26)27/h2-5,10,14H,6-9,11H2,1H3,(H,21,24). The van der Waals surface area contributed by atoms with Crippen molar-refractivity contribution in [1.82, 2.24) is 10.2 Å². The largest absolute Gasteiger partial charge is 0.433 e. The molecule has 9 heteroatoms. The predicted molar refractivity (Wildman–Crippen MR) is 97.0 cm³/mol. The van der Waals surface area contributed by atoms with E-state index < -0.39 is 16.7 Å². The second kappa shape index (κ2) is 8.20. The molecule has 1 aromatic carbocycles. The van der Waals surface area contributed by atoms with Crippen LogP contribution in [0.2, 0.25) is 0 Å². The number of carbonyl (C=O) groups excluding carboxylic acids is 2. The molecule has 0 bridgehead atoms. The van der Waals surface area contributed by atoms with Crippen molar-refractivity contribution >= 4 is 17.7 Å². The van der Waals surface area contributed by atoms with Gasteiger partial charge < -0.3 is 14.6 Å². The highest BCUT2D eigenvalue weighted by Gasteiger charge is 2.29. The average Bonchev–Trinajstić information content (AvgIpc) is 3.19. The molecule has 2 amide bonds. The summed E-state index contributed by atoms with van der Waals surface area (Å²) < 4.78 is 18.5. The minimum absolute atomic E-state index is 0.0870. The maximum atomic E-state index is 13.6. The van der Waals surface area contributed by atoms with Crippen molar-refractivity contribution in [2.24, 2.45) is 5.92 Å². The number of benzene rings is 1. The molecule has 1 aromatic heterocycles. The summed E-state index contributed by atoms with van der Waals surface area (Å²) in [7, 11) is 0. The summed E-state index contributed by atoms with van der Waals surface area (Å²) in [5.41, 5.74) is 1.23. The molecule has 1 saturated heterocycles. The number of carbonyl (C=O) groups is 2. The smallest absolute Gasteiger partial charge is 0.395 e. The Morgan fingerprint density at radius 2 is 2.00 bits per heavy atom. The van der Waals surface area contributed by atoms with Crippen LogP contribution < -0.4 is 5.32 Å². The first-order valence-corrected chi connectivity index (χ1v) is 8.91. The zero-order valence-electron chi connectivity index (χ0n) is 15.3. The molecule has 0 saturated carbocycles. The van der Waals surface area contributed by atoms with E-state index in [1.807, 2.05) is 0 Å². The van der Waals surface area contributed by atoms with Crippen molar-refractivity contribution in [3.63, 3.8) is 0 Å². The van der Waals surface area contributed by atoms with Crippen molar-refractivity contribution < 1.29 is 23.3 Å². The van der Waals surface area contributed by atoms with E-state index >= 15 is 0 Å². The van der Waals surface area contributed by atoms with Gasteiger partial charge in [0.1, 0.15) is 10.7 Å². The van der Waals surface area contributed by atoms with Gasteiger partial charge in [0.15, 0.2) is 5.76 Å². The van der Waals surface area contributed by atoms with Gasteiger partial charge in [-0.3, -0.25) is 19.7 Å². The van der Waals surface area contributed by atoms with Crippen molar-refractivity contribution in [2.75, 3.05) is 13.1 Å². The molecule has 1 N–H and O–H groups in total. The van der Waals surface area contributed by atoms with Gasteiger partial charge >= 0.3 is 5.88 Å². The maximum absolute atomic E-state index is 13.6. The number of piperidine rings is 1. The van der Waals surface area contributed by atoms with E-state index in [0.29, 0.717) is 37.1 Å². The molecule has 8 nitrogen and oxygen atoms in total. The van der Waals surface area contributed by atoms with Crippen LogP contribution in [0.1, 0.15) is 34.5 Å². The van der Waals surface area contributed by atoms with Gasteiger partial charge in [0, 0.05) is 25.6 Å². The van der Waals surface area contributed by atoms with Crippen molar-refractivity contribution in [2.45, 2.75) is 26.3 Å². The number of likely N-dealkylation sites (tertiary alicyclic amines) is 1. The second-order valence-corrected chi connectivity index (χ2v) is 6.76. The van der Waals surface area contributed by atoms with Gasteiger partial charge in [0.25, 0.3) is 5.91 Å². The summed E-state index contributed by atoms with van der Waals surface area (Å²) in [5, 5.41) is 13.5. The Morgan fingerprint density at radius 1 is 1.29 bits per heavy atom. The Balaban J connectivity index is 1.49. The quantitative estimate of drug-likeness (QED) is 0.625. The zero-order chi connectivity index (χ0) is 20.3. The number of halogens is 1. The Bertz CT molecular complexity index is 903. The number of rotatable bonds is 5. The number of hydrogen-bond donors (Lipinski definition) is 1. The number of nitro groups is 1. The van der Waals surface area contributed by atoms with Crippen molar-refractivity contribution in [3.05, 3.63) is 63.2 Å². The number of furan rings is 1. The lowest BCUT2D eigenvalue weighted by Gasteiger charge is -2.30. The van der Waals surface area contributed by atoms with Gasteiger partial charge in [-0.1, -0.05) is 12.1 Å². The first kappa shape index (κ1) is 19.5. The lowest BCUT2D eigenvalue weighted by Crippen LogP contribution is -2.42. The fourth-order valence-corrected chi connectivity index (χ4v) is 3.12. The fraction of sp³-hybridized carbons (Fsp3) is 0.368. The van der Waals surface area contributed by atoms with Crippen LogP contribution in [0.25, 0.3) is 0 Å². The molecule has 1 aliphatic heterocycles. The van der Waals surface area contributed by atoms with E-state index in [2.05, 4.69) is 5.32 Å². The van der Waals surface area contributed by atoms with Gasteiger partial charge in [-0.15, -0.1) is 0 Å². The maximum Gasteiger partial charge on any atom is 0.433 e. The van der Waals surface area contributed by atoms with Crippen LogP contribution in [0.4, 0.5) is 10.3 Å². The van der Waals surface area contributed by atoms with Crippen LogP contribution >= 0.6 is 0 Å². The lowest BCUT2D eigenvalue weighted by molar-refractivity contribution is -0.402. The Labute approximate surface area is 160 Å². The highest BCUT2D eigenvalue weighted by atomic mass is 19.1. The topological polar surface area (TPSA) is 106 Å². The summed E-state index contributed by atoms with van der Waals surface area (Å²) in [6.07, 6.45) is 0.950. The van der Waals surface area contributed by atoms with E-state index in [9.17, 15) is 24.1 Å². The number of nitrogens with one attached hydrogen (secondary N) is 1. The average molecular weight is 389 g/mol. The number of hydrogen-bond acceptors (Lipinski definition) is 5. The minimum Gasteiger partial charge on any atom is -0.395 e. The van der Waals surface area contributed by atoms with Crippen molar-refractivity contribution in [3.8, 4) is 0 Å². The molecule has 148 valence electrons. The Morgan fingerprint density at radius 3 is 2.61 bits per heavy atom. The lowest BCUT2D eigenvalue weighted by atomic mass is 9.95. The Kier molecular flexibility index (Phi) is 5.72. The second-order valence-electron chi connectivity index (χ2n) is 6.76. The van der Waals surface area contributed by atoms with E-state index in [-0.39, 0.29) is 29.9 Å². The highest BCUT2D eigenvalue weighted by molar-refractivity contribution is 5.92. The van der Waals surface area contributed by atoms with Crippen LogP contribution in [0.5, 0.6) is 0 Å². The molecule has 0 unspecified atom stereocenters. The van der Waals surface area contributed by atoms with E-state index in [4.69, 9.17) is 4.42 Å². The molecule has 0 radical (unpaired) electrons. The van der Waals surface area contributed by atoms with Crippen molar-refractivity contribution in [1.29, 1.82) is 0 Å². The molecule has 0 aliphatic carbocycles. The van der Waals surface area contributed by atoms with Crippen LogP contribution in [0.3, 0.4) is 0 Å². The summed E-state index contributed by atoms with van der Waals surface area (Å²) in [5.74, 6) is -1.69. The summed E-state index contributed by atoms with van der Waals surface area (Å²) in [6.45, 7) is 2.62. The van der Waals surface area contributed by atoms with Crippen LogP contribution in [0, 0.1) is 28.8 Å². The molecule has 2 aromatic rings. The van der Waals surface area contributed by atoms with Gasteiger partial charge in [0.05, 0.1) is 6.07 Å². The highest BCUT2D eigenvalue weighted by Crippen LogP contribution is 2.22. The molecule has 1 fully saturated rings. The van der Waals surface area contributed by atoms with E-state index in [1.54, 1.807) is 19.1 Å². The van der Waals surface area contributed by atoms with E-state index in [0.717, 1.165) is 6.07 Å². The summed E-state index contributed by atoms with van der Waals surface area (Å²) in [6, 6.07) is 7.25. The van der Waals surface area contributed by atoms with Crippen LogP contribution in [0.15, 0.2) is 34.7 Å². The van der Waals surface area contributed by atoms with Gasteiger partial charge in [0.2, 0.25) is 5.91 Å². The molecule has 0 atom stereocenters. The number of nitrogens with zero attached hydrogens (tertiary/aromatic N) is 2. The first-order valence-electron chi connectivity index (χ1n) is 8.91. The predicted octanol–water partition coefficient (Wildman–Crippen LogP) is 2.80.